The number of aryl methyl sites for hydroxylation is 4. The summed E-state index contributed by atoms with van der Waals surface area (Å²) in [5.41, 5.74) is 14.3. The number of nitrogens with zero attached hydrogens (tertiary/aromatic N) is 7. The van der Waals surface area contributed by atoms with Gasteiger partial charge >= 0.3 is 0 Å². The molecule has 1 atom stereocenters. The molecule has 0 unspecified atom stereocenters. The lowest BCUT2D eigenvalue weighted by molar-refractivity contribution is 0.180. The molecule has 6 rings (SSSR count). The van der Waals surface area contributed by atoms with E-state index in [0.717, 1.165) is 60.3 Å². The Morgan fingerprint density at radius 3 is 2.60 bits per heavy atom. The Morgan fingerprint density at radius 2 is 1.77 bits per heavy atom. The SMILES string of the molecule is CCCN(CCC)[C@H]1CCc2ccc(Nc3nc(N)n(-c4cc5c(nn4)-c4cccnc4CCC5)n3)cc2CC1. The molecule has 3 aromatic heterocycles. The molecule has 2 aliphatic carbocycles. The zero-order valence-electron chi connectivity index (χ0n) is 23.6. The van der Waals surface area contributed by atoms with Gasteiger partial charge in [0.15, 0.2) is 5.82 Å². The fraction of sp³-hybridized carbons (Fsp3) is 0.452. The van der Waals surface area contributed by atoms with Crippen molar-refractivity contribution in [2.24, 2.45) is 0 Å². The molecule has 0 spiro atoms. The van der Waals surface area contributed by atoms with Gasteiger partial charge in [-0.05, 0) is 118 Å². The van der Waals surface area contributed by atoms with Gasteiger partial charge in [-0.3, -0.25) is 4.98 Å². The van der Waals surface area contributed by atoms with Gasteiger partial charge in [0, 0.05) is 29.2 Å². The average Bonchev–Trinajstić information content (AvgIpc) is 3.11. The molecule has 1 aromatic carbocycles. The van der Waals surface area contributed by atoms with Crippen LogP contribution < -0.4 is 11.1 Å². The normalized spacial score (nSPS) is 16.5. The smallest absolute Gasteiger partial charge is 0.248 e. The van der Waals surface area contributed by atoms with Gasteiger partial charge in [-0.1, -0.05) is 19.9 Å². The van der Waals surface area contributed by atoms with Gasteiger partial charge < -0.3 is 16.0 Å². The van der Waals surface area contributed by atoms with Gasteiger partial charge in [0.25, 0.3) is 0 Å². The van der Waals surface area contributed by atoms with Crippen molar-refractivity contribution in [3.8, 4) is 17.1 Å². The minimum Gasteiger partial charge on any atom is -0.368 e. The number of nitrogen functional groups attached to an aromatic ring is 1. The Labute approximate surface area is 236 Å². The second kappa shape index (κ2) is 11.7. The molecule has 0 fully saturated rings. The molecule has 9 nitrogen and oxygen atoms in total. The van der Waals surface area contributed by atoms with Gasteiger partial charge in [-0.2, -0.15) is 9.67 Å². The fourth-order valence-electron chi connectivity index (χ4n) is 6.30. The van der Waals surface area contributed by atoms with Crippen molar-refractivity contribution in [3.05, 3.63) is 65.0 Å². The predicted octanol–water partition coefficient (Wildman–Crippen LogP) is 5.30. The Hall–Kier alpha value is -3.85. The van der Waals surface area contributed by atoms with Crippen molar-refractivity contribution in [1.82, 2.24) is 34.8 Å². The van der Waals surface area contributed by atoms with Crippen LogP contribution in [0.25, 0.3) is 17.1 Å². The lowest BCUT2D eigenvalue weighted by atomic mass is 10.0. The van der Waals surface area contributed by atoms with Gasteiger partial charge in [-0.15, -0.1) is 15.3 Å². The summed E-state index contributed by atoms with van der Waals surface area (Å²) in [4.78, 5) is 11.7. The Morgan fingerprint density at radius 1 is 0.950 bits per heavy atom. The second-order valence-electron chi connectivity index (χ2n) is 11.0. The highest BCUT2D eigenvalue weighted by atomic mass is 15.4. The van der Waals surface area contributed by atoms with E-state index < -0.39 is 0 Å². The number of fused-ring (bicyclic) bond motifs is 4. The van der Waals surface area contributed by atoms with E-state index in [1.54, 1.807) is 4.68 Å². The van der Waals surface area contributed by atoms with E-state index in [4.69, 9.17) is 5.73 Å². The number of benzene rings is 1. The summed E-state index contributed by atoms with van der Waals surface area (Å²) in [7, 11) is 0. The van der Waals surface area contributed by atoms with E-state index in [1.165, 1.54) is 49.9 Å². The van der Waals surface area contributed by atoms with Crippen LogP contribution >= 0.6 is 0 Å². The first kappa shape index (κ1) is 26.4. The Balaban J connectivity index is 1.19. The van der Waals surface area contributed by atoms with Crippen LogP contribution in [0, 0.1) is 0 Å². The molecule has 0 radical (unpaired) electrons. The first-order chi connectivity index (χ1) is 19.6. The number of pyridine rings is 1. The molecule has 0 aliphatic heterocycles. The number of aromatic nitrogens is 6. The van der Waals surface area contributed by atoms with Crippen LogP contribution in [0.15, 0.2) is 42.6 Å². The zero-order valence-corrected chi connectivity index (χ0v) is 23.6. The molecular formula is C31H39N9. The number of hydrogen-bond donors (Lipinski definition) is 2. The first-order valence-corrected chi connectivity index (χ1v) is 14.8. The standard InChI is InChI=1S/C31H39N9/c1-3-17-39(18-4-2)25-14-11-21-10-13-24(19-22(21)12-15-25)34-31-35-30(32)40(38-31)28-20-23-7-5-9-27-26(8-6-16-33-27)29(23)37-36-28/h6,8,10,13,16,19-20,25H,3-5,7,9,11-12,14-15,17-18H2,1-2H3,(H3,32,34,35,38)/t25-/m0/s1. The summed E-state index contributed by atoms with van der Waals surface area (Å²) in [6.45, 7) is 6.95. The summed E-state index contributed by atoms with van der Waals surface area (Å²) in [5, 5.41) is 17.1. The Kier molecular flexibility index (Phi) is 7.73. The molecule has 0 saturated carbocycles. The maximum atomic E-state index is 6.30. The summed E-state index contributed by atoms with van der Waals surface area (Å²) in [6.07, 6.45) is 11.7. The third-order valence-electron chi connectivity index (χ3n) is 8.21. The highest BCUT2D eigenvalue weighted by molar-refractivity contribution is 5.67. The summed E-state index contributed by atoms with van der Waals surface area (Å²) < 4.78 is 1.56. The largest absolute Gasteiger partial charge is 0.368 e. The molecule has 0 bridgehead atoms. The quantitative estimate of drug-likeness (QED) is 0.291. The van der Waals surface area contributed by atoms with E-state index in [2.05, 4.69) is 73.6 Å². The number of nitrogens with one attached hydrogen (secondary N) is 1. The van der Waals surface area contributed by atoms with Crippen molar-refractivity contribution in [1.29, 1.82) is 0 Å². The molecule has 0 saturated heterocycles. The number of anilines is 3. The number of nitrogens with two attached hydrogens (primary N) is 1. The predicted molar refractivity (Wildman–Crippen MR) is 159 cm³/mol. The monoisotopic (exact) mass is 537 g/mol. The van der Waals surface area contributed by atoms with Gasteiger partial charge in [0.1, 0.15) is 0 Å². The highest BCUT2D eigenvalue weighted by Crippen LogP contribution is 2.31. The van der Waals surface area contributed by atoms with Crippen LogP contribution in [-0.2, 0) is 25.7 Å². The molecule has 40 heavy (non-hydrogen) atoms. The van der Waals surface area contributed by atoms with E-state index in [9.17, 15) is 0 Å². The van der Waals surface area contributed by atoms with E-state index in [-0.39, 0.29) is 5.95 Å². The van der Waals surface area contributed by atoms with Crippen LogP contribution in [0.3, 0.4) is 0 Å². The maximum Gasteiger partial charge on any atom is 0.248 e. The minimum absolute atomic E-state index is 0.275. The first-order valence-electron chi connectivity index (χ1n) is 14.8. The number of hydrogen-bond acceptors (Lipinski definition) is 8. The van der Waals surface area contributed by atoms with E-state index in [0.29, 0.717) is 17.8 Å². The van der Waals surface area contributed by atoms with Crippen LogP contribution in [0.5, 0.6) is 0 Å². The van der Waals surface area contributed by atoms with Crippen molar-refractivity contribution in [2.45, 2.75) is 77.7 Å². The van der Waals surface area contributed by atoms with Crippen LogP contribution in [-0.4, -0.2) is 54.0 Å². The molecule has 3 N–H and O–H groups in total. The second-order valence-corrected chi connectivity index (χ2v) is 11.0. The average molecular weight is 538 g/mol. The fourth-order valence-corrected chi connectivity index (χ4v) is 6.30. The van der Waals surface area contributed by atoms with Crippen molar-refractivity contribution in [3.63, 3.8) is 0 Å². The summed E-state index contributed by atoms with van der Waals surface area (Å²) in [6, 6.07) is 13.3. The number of rotatable bonds is 8. The molecule has 0 amide bonds. The van der Waals surface area contributed by atoms with E-state index in [1.807, 2.05) is 18.3 Å². The summed E-state index contributed by atoms with van der Waals surface area (Å²) in [5.74, 6) is 1.30. The van der Waals surface area contributed by atoms with Gasteiger partial charge in [-0.25, -0.2) is 0 Å². The van der Waals surface area contributed by atoms with Gasteiger partial charge in [0.05, 0.1) is 5.69 Å². The molecule has 208 valence electrons. The molecule has 9 heteroatoms. The third kappa shape index (κ3) is 5.43. The zero-order chi connectivity index (χ0) is 27.5. The van der Waals surface area contributed by atoms with Crippen LogP contribution in [0.1, 0.15) is 68.3 Å². The topological polar surface area (TPSA) is 111 Å². The highest BCUT2D eigenvalue weighted by Gasteiger charge is 2.22. The molecule has 2 aliphatic rings. The maximum absolute atomic E-state index is 6.30. The Bertz CT molecular complexity index is 1470. The lowest BCUT2D eigenvalue weighted by Crippen LogP contribution is -2.36. The summed E-state index contributed by atoms with van der Waals surface area (Å²) >= 11 is 0. The minimum atomic E-state index is 0.275. The van der Waals surface area contributed by atoms with Crippen molar-refractivity contribution >= 4 is 17.6 Å². The van der Waals surface area contributed by atoms with Crippen molar-refractivity contribution < 1.29 is 0 Å². The van der Waals surface area contributed by atoms with Crippen LogP contribution in [0.2, 0.25) is 0 Å². The third-order valence-corrected chi connectivity index (χ3v) is 8.21. The molecule has 3 heterocycles. The van der Waals surface area contributed by atoms with E-state index >= 15 is 0 Å². The van der Waals surface area contributed by atoms with Crippen molar-refractivity contribution in [2.75, 3.05) is 24.1 Å². The van der Waals surface area contributed by atoms with Crippen LogP contribution in [0.4, 0.5) is 17.6 Å². The molecular weight excluding hydrogens is 498 g/mol. The van der Waals surface area contributed by atoms with Gasteiger partial charge in [0.2, 0.25) is 11.9 Å². The molecule has 4 aromatic rings. The lowest BCUT2D eigenvalue weighted by Gasteiger charge is -2.30.